The first-order valence-corrected chi connectivity index (χ1v) is 5.08. The summed E-state index contributed by atoms with van der Waals surface area (Å²) in [5.74, 6) is 0.285. The Labute approximate surface area is 91.4 Å². The fraction of sp³-hybridized carbons (Fsp3) is 0.214. The first-order valence-electron chi connectivity index (χ1n) is 5.08. The van der Waals surface area contributed by atoms with E-state index in [0.717, 1.165) is 6.42 Å². The summed E-state index contributed by atoms with van der Waals surface area (Å²) in [7, 11) is 0. The molecule has 0 saturated carbocycles. The van der Waals surface area contributed by atoms with Crippen LogP contribution in [0.2, 0.25) is 0 Å². The maximum absolute atomic E-state index is 8.64. The standard InChI is InChI=1S/C14H15N/c1-2-6-13(11-12-15)9-10-14-7-4-3-5-8-14/h2-5,7-10,13H,1,6,11H2. The lowest BCUT2D eigenvalue weighted by Crippen LogP contribution is -1.92. The molecule has 0 spiro atoms. The second-order valence-electron chi connectivity index (χ2n) is 3.42. The molecule has 0 aliphatic carbocycles. The van der Waals surface area contributed by atoms with Crippen molar-refractivity contribution in [1.29, 1.82) is 5.26 Å². The van der Waals surface area contributed by atoms with E-state index in [0.29, 0.717) is 6.42 Å². The zero-order valence-corrected chi connectivity index (χ0v) is 8.76. The lowest BCUT2D eigenvalue weighted by molar-refractivity contribution is 0.686. The highest BCUT2D eigenvalue weighted by atomic mass is 14.2. The molecule has 0 saturated heterocycles. The minimum Gasteiger partial charge on any atom is -0.198 e. The van der Waals surface area contributed by atoms with Gasteiger partial charge >= 0.3 is 0 Å². The van der Waals surface area contributed by atoms with Crippen molar-refractivity contribution in [3.63, 3.8) is 0 Å². The molecule has 0 heterocycles. The molecule has 15 heavy (non-hydrogen) atoms. The summed E-state index contributed by atoms with van der Waals surface area (Å²) >= 11 is 0. The second kappa shape index (κ2) is 6.62. The van der Waals surface area contributed by atoms with Gasteiger partial charge in [-0.25, -0.2) is 0 Å². The first-order chi connectivity index (χ1) is 7.36. The molecule has 0 aliphatic rings. The third-order valence-electron chi connectivity index (χ3n) is 2.18. The smallest absolute Gasteiger partial charge is 0.0628 e. The van der Waals surface area contributed by atoms with Crippen LogP contribution in [0.25, 0.3) is 6.08 Å². The van der Waals surface area contributed by atoms with Gasteiger partial charge in [-0.3, -0.25) is 0 Å². The molecule has 0 bridgehead atoms. The average molecular weight is 197 g/mol. The van der Waals surface area contributed by atoms with Gasteiger partial charge in [0.2, 0.25) is 0 Å². The molecule has 1 atom stereocenters. The summed E-state index contributed by atoms with van der Waals surface area (Å²) in [6, 6.07) is 12.3. The normalized spacial score (nSPS) is 12.2. The van der Waals surface area contributed by atoms with E-state index in [-0.39, 0.29) is 5.92 Å². The Hall–Kier alpha value is -1.81. The van der Waals surface area contributed by atoms with Crippen molar-refractivity contribution in [2.45, 2.75) is 12.8 Å². The first kappa shape index (κ1) is 11.3. The zero-order valence-electron chi connectivity index (χ0n) is 8.76. The van der Waals surface area contributed by atoms with Gasteiger partial charge in [0.1, 0.15) is 0 Å². The third kappa shape index (κ3) is 4.28. The summed E-state index contributed by atoms with van der Waals surface area (Å²) in [4.78, 5) is 0. The highest BCUT2D eigenvalue weighted by Crippen LogP contribution is 2.12. The lowest BCUT2D eigenvalue weighted by Gasteiger charge is -2.03. The fourth-order valence-corrected chi connectivity index (χ4v) is 1.37. The number of benzene rings is 1. The van der Waals surface area contributed by atoms with Gasteiger partial charge in [0.25, 0.3) is 0 Å². The predicted octanol–water partition coefficient (Wildman–Crippen LogP) is 3.81. The van der Waals surface area contributed by atoms with E-state index >= 15 is 0 Å². The Bertz CT molecular complexity index is 357. The highest BCUT2D eigenvalue weighted by molar-refractivity contribution is 5.49. The van der Waals surface area contributed by atoms with Gasteiger partial charge in [0, 0.05) is 6.42 Å². The molecular formula is C14H15N. The van der Waals surface area contributed by atoms with Crippen LogP contribution >= 0.6 is 0 Å². The van der Waals surface area contributed by atoms with Crippen molar-refractivity contribution in [1.82, 2.24) is 0 Å². The van der Waals surface area contributed by atoms with E-state index in [1.54, 1.807) is 0 Å². The van der Waals surface area contributed by atoms with Crippen molar-refractivity contribution in [3.05, 3.63) is 54.6 Å². The maximum Gasteiger partial charge on any atom is 0.0628 e. The Morgan fingerprint density at radius 2 is 2.07 bits per heavy atom. The molecule has 1 unspecified atom stereocenters. The molecule has 1 rings (SSSR count). The molecule has 0 radical (unpaired) electrons. The largest absolute Gasteiger partial charge is 0.198 e. The number of hydrogen-bond acceptors (Lipinski definition) is 1. The SMILES string of the molecule is C=CCC(C=Cc1ccccc1)CC#N. The summed E-state index contributed by atoms with van der Waals surface area (Å²) in [5, 5.41) is 8.64. The van der Waals surface area contributed by atoms with Gasteiger partial charge in [0.05, 0.1) is 6.07 Å². The molecule has 1 nitrogen and oxygen atoms in total. The van der Waals surface area contributed by atoms with Gasteiger partial charge in [-0.05, 0) is 17.9 Å². The quantitative estimate of drug-likeness (QED) is 0.658. The van der Waals surface area contributed by atoms with Gasteiger partial charge in [-0.1, -0.05) is 48.6 Å². The van der Waals surface area contributed by atoms with Crippen LogP contribution in [0.5, 0.6) is 0 Å². The van der Waals surface area contributed by atoms with Crippen LogP contribution in [-0.4, -0.2) is 0 Å². The Kier molecular flexibility index (Phi) is 4.97. The van der Waals surface area contributed by atoms with Crippen LogP contribution in [0.4, 0.5) is 0 Å². The van der Waals surface area contributed by atoms with Crippen LogP contribution in [-0.2, 0) is 0 Å². The highest BCUT2D eigenvalue weighted by Gasteiger charge is 2.00. The number of nitrogens with zero attached hydrogens (tertiary/aromatic N) is 1. The Balaban J connectivity index is 2.61. The maximum atomic E-state index is 8.64. The molecule has 0 aromatic heterocycles. The van der Waals surface area contributed by atoms with Gasteiger partial charge in [0.15, 0.2) is 0 Å². The second-order valence-corrected chi connectivity index (χ2v) is 3.42. The van der Waals surface area contributed by atoms with Gasteiger partial charge in [-0.2, -0.15) is 5.26 Å². The topological polar surface area (TPSA) is 23.8 Å². The molecule has 1 heteroatoms. The Morgan fingerprint density at radius 1 is 1.33 bits per heavy atom. The van der Waals surface area contributed by atoms with E-state index in [4.69, 9.17) is 5.26 Å². The van der Waals surface area contributed by atoms with Crippen molar-refractivity contribution in [3.8, 4) is 6.07 Å². The van der Waals surface area contributed by atoms with Gasteiger partial charge in [-0.15, -0.1) is 6.58 Å². The minimum absolute atomic E-state index is 0.285. The van der Waals surface area contributed by atoms with Crippen molar-refractivity contribution in [2.75, 3.05) is 0 Å². The summed E-state index contributed by atoms with van der Waals surface area (Å²) < 4.78 is 0. The van der Waals surface area contributed by atoms with Crippen molar-refractivity contribution < 1.29 is 0 Å². The van der Waals surface area contributed by atoms with Crippen LogP contribution in [0.3, 0.4) is 0 Å². The van der Waals surface area contributed by atoms with Crippen molar-refractivity contribution >= 4 is 6.08 Å². The van der Waals surface area contributed by atoms with E-state index in [2.05, 4.69) is 24.8 Å². The minimum atomic E-state index is 0.285. The van der Waals surface area contributed by atoms with Crippen LogP contribution in [0.1, 0.15) is 18.4 Å². The van der Waals surface area contributed by atoms with Crippen LogP contribution in [0, 0.1) is 17.2 Å². The molecule has 1 aromatic carbocycles. The number of allylic oxidation sites excluding steroid dienone is 2. The predicted molar refractivity (Wildman–Crippen MR) is 64.0 cm³/mol. The average Bonchev–Trinajstić information content (AvgIpc) is 2.28. The summed E-state index contributed by atoms with van der Waals surface area (Å²) in [6.45, 7) is 3.69. The summed E-state index contributed by atoms with van der Waals surface area (Å²) in [6.07, 6.45) is 7.41. The summed E-state index contributed by atoms with van der Waals surface area (Å²) in [5.41, 5.74) is 1.17. The number of rotatable bonds is 5. The number of hydrogen-bond donors (Lipinski definition) is 0. The molecular weight excluding hydrogens is 182 g/mol. The molecule has 1 aromatic rings. The monoisotopic (exact) mass is 197 g/mol. The van der Waals surface area contributed by atoms with E-state index in [9.17, 15) is 0 Å². The van der Waals surface area contributed by atoms with Crippen LogP contribution < -0.4 is 0 Å². The molecule has 0 N–H and O–H groups in total. The van der Waals surface area contributed by atoms with E-state index < -0.39 is 0 Å². The van der Waals surface area contributed by atoms with E-state index in [1.807, 2.05) is 36.4 Å². The third-order valence-corrected chi connectivity index (χ3v) is 2.18. The molecule has 0 aliphatic heterocycles. The lowest BCUT2D eigenvalue weighted by atomic mass is 10.0. The van der Waals surface area contributed by atoms with Crippen LogP contribution in [0.15, 0.2) is 49.1 Å². The molecule has 76 valence electrons. The Morgan fingerprint density at radius 3 is 2.67 bits per heavy atom. The van der Waals surface area contributed by atoms with E-state index in [1.165, 1.54) is 5.56 Å². The fourth-order valence-electron chi connectivity index (χ4n) is 1.37. The zero-order chi connectivity index (χ0) is 10.9. The molecule has 0 fully saturated rings. The van der Waals surface area contributed by atoms with Crippen molar-refractivity contribution in [2.24, 2.45) is 5.92 Å². The molecule has 0 amide bonds. The number of nitriles is 1. The van der Waals surface area contributed by atoms with Gasteiger partial charge < -0.3 is 0 Å².